The van der Waals surface area contributed by atoms with E-state index in [1.165, 1.54) is 5.56 Å². The molecule has 0 aliphatic carbocycles. The number of nitrogens with zero attached hydrogens (tertiary/aromatic N) is 2. The van der Waals surface area contributed by atoms with Gasteiger partial charge >= 0.3 is 0 Å². The summed E-state index contributed by atoms with van der Waals surface area (Å²) in [5.41, 5.74) is 2.86. The lowest BCUT2D eigenvalue weighted by Gasteiger charge is -2.04. The summed E-state index contributed by atoms with van der Waals surface area (Å²) in [5.74, 6) is 0.850. The second-order valence-electron chi connectivity index (χ2n) is 4.41. The maximum Gasteiger partial charge on any atom is 0.138 e. The van der Waals surface area contributed by atoms with Gasteiger partial charge in [-0.1, -0.05) is 29.8 Å². The second-order valence-corrected chi connectivity index (χ2v) is 4.80. The van der Waals surface area contributed by atoms with Crippen LogP contribution in [0.4, 0.5) is 0 Å². The summed E-state index contributed by atoms with van der Waals surface area (Å²) in [7, 11) is 0. The fraction of sp³-hybridized carbons (Fsp3) is 0.133. The Morgan fingerprint density at radius 2 is 2.05 bits per heavy atom. The number of fused-ring (bicyclic) bond motifs is 1. The van der Waals surface area contributed by atoms with Gasteiger partial charge in [0.1, 0.15) is 23.2 Å². The van der Waals surface area contributed by atoms with Crippen molar-refractivity contribution in [3.8, 4) is 5.75 Å². The highest BCUT2D eigenvalue weighted by atomic mass is 35.5. The Balaban J connectivity index is 1.80. The zero-order valence-corrected chi connectivity index (χ0v) is 11.3. The molecule has 3 aromatic rings. The predicted molar refractivity (Wildman–Crippen MR) is 75.7 cm³/mol. The third-order valence-corrected chi connectivity index (χ3v) is 3.18. The van der Waals surface area contributed by atoms with E-state index in [0.29, 0.717) is 11.8 Å². The SMILES string of the molecule is Cc1cccc(OCc2cn3c(Cl)cccc3n2)c1. The molecular weight excluding hydrogens is 260 g/mol. The molecule has 0 aliphatic heterocycles. The predicted octanol–water partition coefficient (Wildman–Crippen LogP) is 3.88. The largest absolute Gasteiger partial charge is 0.487 e. The van der Waals surface area contributed by atoms with Gasteiger partial charge in [0.05, 0.1) is 5.69 Å². The number of hydrogen-bond donors (Lipinski definition) is 0. The standard InChI is InChI=1S/C15H13ClN2O/c1-11-4-2-5-13(8-11)19-10-12-9-18-14(16)6-3-7-15(18)17-12/h2-9H,10H2,1H3. The van der Waals surface area contributed by atoms with Gasteiger partial charge in [-0.3, -0.25) is 4.40 Å². The number of imidazole rings is 1. The summed E-state index contributed by atoms with van der Waals surface area (Å²) in [6.45, 7) is 2.47. The number of benzene rings is 1. The van der Waals surface area contributed by atoms with E-state index in [-0.39, 0.29) is 0 Å². The van der Waals surface area contributed by atoms with Gasteiger partial charge in [-0.05, 0) is 36.8 Å². The van der Waals surface area contributed by atoms with Gasteiger partial charge in [0.15, 0.2) is 0 Å². The van der Waals surface area contributed by atoms with E-state index >= 15 is 0 Å². The molecule has 2 heterocycles. The fourth-order valence-electron chi connectivity index (χ4n) is 1.96. The first-order valence-electron chi connectivity index (χ1n) is 6.04. The van der Waals surface area contributed by atoms with E-state index < -0.39 is 0 Å². The van der Waals surface area contributed by atoms with Crippen LogP contribution in [0.3, 0.4) is 0 Å². The van der Waals surface area contributed by atoms with Crippen LogP contribution in [0.25, 0.3) is 5.65 Å². The van der Waals surface area contributed by atoms with Crippen molar-refractivity contribution in [3.63, 3.8) is 0 Å². The molecule has 0 atom stereocenters. The van der Waals surface area contributed by atoms with Gasteiger partial charge in [0, 0.05) is 6.20 Å². The van der Waals surface area contributed by atoms with Crippen molar-refractivity contribution in [2.24, 2.45) is 0 Å². The Hall–Kier alpha value is -2.00. The number of aryl methyl sites for hydroxylation is 1. The minimum atomic E-state index is 0.432. The molecular formula is C15H13ClN2O. The van der Waals surface area contributed by atoms with Crippen molar-refractivity contribution in [2.75, 3.05) is 0 Å². The average molecular weight is 273 g/mol. The zero-order valence-electron chi connectivity index (χ0n) is 10.5. The third kappa shape index (κ3) is 2.56. The molecule has 3 nitrogen and oxygen atoms in total. The topological polar surface area (TPSA) is 26.5 Å². The van der Waals surface area contributed by atoms with Gasteiger partial charge in [0.25, 0.3) is 0 Å². The quantitative estimate of drug-likeness (QED) is 0.677. The molecule has 0 fully saturated rings. The maximum absolute atomic E-state index is 6.09. The first kappa shape index (κ1) is 12.1. The first-order valence-corrected chi connectivity index (χ1v) is 6.42. The maximum atomic E-state index is 6.09. The lowest BCUT2D eigenvalue weighted by Crippen LogP contribution is -1.95. The molecule has 0 N–H and O–H groups in total. The Kier molecular flexibility index (Phi) is 3.13. The smallest absolute Gasteiger partial charge is 0.138 e. The van der Waals surface area contributed by atoms with E-state index in [1.807, 2.05) is 60.0 Å². The number of pyridine rings is 1. The van der Waals surface area contributed by atoms with E-state index in [2.05, 4.69) is 4.98 Å². The third-order valence-electron chi connectivity index (χ3n) is 2.87. The van der Waals surface area contributed by atoms with E-state index in [9.17, 15) is 0 Å². The molecule has 0 amide bonds. The summed E-state index contributed by atoms with van der Waals surface area (Å²) in [6, 6.07) is 13.6. The molecule has 1 aromatic carbocycles. The second kappa shape index (κ2) is 4.94. The molecule has 0 spiro atoms. The van der Waals surface area contributed by atoms with Gasteiger partial charge < -0.3 is 4.74 Å². The lowest BCUT2D eigenvalue weighted by atomic mass is 10.2. The van der Waals surface area contributed by atoms with E-state index in [4.69, 9.17) is 16.3 Å². The monoisotopic (exact) mass is 272 g/mol. The number of aromatic nitrogens is 2. The summed E-state index contributed by atoms with van der Waals surface area (Å²) in [4.78, 5) is 4.46. The van der Waals surface area contributed by atoms with Crippen molar-refractivity contribution in [1.82, 2.24) is 9.38 Å². The number of hydrogen-bond acceptors (Lipinski definition) is 2. The summed E-state index contributed by atoms with van der Waals surface area (Å²) < 4.78 is 7.57. The highest BCUT2D eigenvalue weighted by Gasteiger charge is 2.04. The molecule has 2 aromatic heterocycles. The molecule has 3 rings (SSSR count). The van der Waals surface area contributed by atoms with Crippen molar-refractivity contribution in [1.29, 1.82) is 0 Å². The van der Waals surface area contributed by atoms with Crippen LogP contribution in [0.5, 0.6) is 5.75 Å². The van der Waals surface area contributed by atoms with Gasteiger partial charge in [-0.25, -0.2) is 4.98 Å². The first-order chi connectivity index (χ1) is 9.22. The van der Waals surface area contributed by atoms with E-state index in [0.717, 1.165) is 17.1 Å². The van der Waals surface area contributed by atoms with Crippen LogP contribution in [-0.4, -0.2) is 9.38 Å². The highest BCUT2D eigenvalue weighted by Crippen LogP contribution is 2.16. The molecule has 0 saturated heterocycles. The van der Waals surface area contributed by atoms with Crippen molar-refractivity contribution < 1.29 is 4.74 Å². The van der Waals surface area contributed by atoms with Gasteiger partial charge in [-0.15, -0.1) is 0 Å². The number of halogens is 1. The molecule has 19 heavy (non-hydrogen) atoms. The zero-order chi connectivity index (χ0) is 13.2. The Bertz CT molecular complexity index is 721. The van der Waals surface area contributed by atoms with Crippen molar-refractivity contribution >= 4 is 17.2 Å². The van der Waals surface area contributed by atoms with Crippen LogP contribution in [0, 0.1) is 6.92 Å². The van der Waals surface area contributed by atoms with Crippen LogP contribution in [0.15, 0.2) is 48.7 Å². The minimum Gasteiger partial charge on any atom is -0.487 e. The molecule has 0 aliphatic rings. The van der Waals surface area contributed by atoms with Crippen LogP contribution >= 0.6 is 11.6 Å². The molecule has 0 unspecified atom stereocenters. The molecule has 4 heteroatoms. The average Bonchev–Trinajstić information content (AvgIpc) is 2.81. The van der Waals surface area contributed by atoms with Crippen molar-refractivity contribution in [2.45, 2.75) is 13.5 Å². The molecule has 96 valence electrons. The Labute approximate surface area is 116 Å². The highest BCUT2D eigenvalue weighted by molar-refractivity contribution is 6.29. The summed E-state index contributed by atoms with van der Waals surface area (Å²) >= 11 is 6.09. The normalized spacial score (nSPS) is 10.8. The molecule has 0 radical (unpaired) electrons. The summed E-state index contributed by atoms with van der Waals surface area (Å²) in [6.07, 6.45) is 1.90. The number of rotatable bonds is 3. The summed E-state index contributed by atoms with van der Waals surface area (Å²) in [5, 5.41) is 0.645. The van der Waals surface area contributed by atoms with Gasteiger partial charge in [0.2, 0.25) is 0 Å². The lowest BCUT2D eigenvalue weighted by molar-refractivity contribution is 0.302. The molecule has 0 bridgehead atoms. The minimum absolute atomic E-state index is 0.432. The van der Waals surface area contributed by atoms with Crippen LogP contribution in [0.2, 0.25) is 5.15 Å². The van der Waals surface area contributed by atoms with E-state index in [1.54, 1.807) is 0 Å². The van der Waals surface area contributed by atoms with Crippen LogP contribution in [-0.2, 0) is 6.61 Å². The van der Waals surface area contributed by atoms with Crippen LogP contribution < -0.4 is 4.74 Å². The fourth-order valence-corrected chi connectivity index (χ4v) is 2.17. The van der Waals surface area contributed by atoms with Crippen LogP contribution in [0.1, 0.15) is 11.3 Å². The Morgan fingerprint density at radius 1 is 1.21 bits per heavy atom. The van der Waals surface area contributed by atoms with Gasteiger partial charge in [-0.2, -0.15) is 0 Å². The Morgan fingerprint density at radius 3 is 2.84 bits per heavy atom. The number of ether oxygens (including phenoxy) is 1. The van der Waals surface area contributed by atoms with Crippen molar-refractivity contribution in [3.05, 3.63) is 65.1 Å². The molecule has 0 saturated carbocycles.